The maximum absolute atomic E-state index is 12.5. The van der Waals surface area contributed by atoms with E-state index in [0.29, 0.717) is 25.3 Å². The lowest BCUT2D eigenvalue weighted by Crippen LogP contribution is -2.47. The molecule has 1 N–H and O–H groups in total. The molecular weight excluding hydrogens is 430 g/mol. The minimum atomic E-state index is -3.81. The van der Waals surface area contributed by atoms with Gasteiger partial charge in [0, 0.05) is 51.9 Å². The number of anilines is 1. The Morgan fingerprint density at radius 2 is 1.75 bits per heavy atom. The normalized spacial score (nSPS) is 15.3. The van der Waals surface area contributed by atoms with Crippen molar-refractivity contribution in [2.75, 3.05) is 64.8 Å². The number of nitro benzene ring substituents is 1. The summed E-state index contributed by atoms with van der Waals surface area (Å²) in [6.45, 7) is 4.62. The Kier molecular flexibility index (Phi) is 8.19. The van der Waals surface area contributed by atoms with Crippen molar-refractivity contribution in [1.82, 2.24) is 14.5 Å². The SMILES string of the molecule is CN(C)CCNS(=O)(=O)c1ccc(N2CCN(CCc3ccccc3)CC2)c([N+](=O)[O-])c1. The van der Waals surface area contributed by atoms with Crippen LogP contribution < -0.4 is 9.62 Å². The molecule has 1 saturated heterocycles. The molecule has 0 aliphatic carbocycles. The zero-order valence-electron chi connectivity index (χ0n) is 18.6. The molecule has 1 fully saturated rings. The van der Waals surface area contributed by atoms with E-state index in [-0.39, 0.29) is 17.1 Å². The highest BCUT2D eigenvalue weighted by molar-refractivity contribution is 7.89. The van der Waals surface area contributed by atoms with E-state index < -0.39 is 14.9 Å². The standard InChI is InChI=1S/C22H31N5O4S/c1-24(2)13-11-23-32(30,31)20-8-9-21(22(18-20)27(28)29)26-16-14-25(15-17-26)12-10-19-6-4-3-5-7-19/h3-9,18,23H,10-17H2,1-2H3. The molecule has 1 aliphatic rings. The van der Waals surface area contributed by atoms with Gasteiger partial charge in [0.25, 0.3) is 5.69 Å². The zero-order chi connectivity index (χ0) is 23.1. The molecule has 0 bridgehead atoms. The zero-order valence-corrected chi connectivity index (χ0v) is 19.4. The van der Waals surface area contributed by atoms with Crippen molar-refractivity contribution in [1.29, 1.82) is 0 Å². The molecule has 0 atom stereocenters. The molecule has 32 heavy (non-hydrogen) atoms. The molecule has 3 rings (SSSR count). The number of hydrogen-bond donors (Lipinski definition) is 1. The molecule has 0 amide bonds. The quantitative estimate of drug-likeness (QED) is 0.425. The minimum Gasteiger partial charge on any atom is -0.363 e. The summed E-state index contributed by atoms with van der Waals surface area (Å²) in [5.41, 5.74) is 1.57. The number of sulfonamides is 1. The molecule has 1 heterocycles. The molecule has 0 unspecified atom stereocenters. The second-order valence-corrected chi connectivity index (χ2v) is 9.94. The molecule has 9 nitrogen and oxygen atoms in total. The Morgan fingerprint density at radius 3 is 2.38 bits per heavy atom. The first-order valence-corrected chi connectivity index (χ1v) is 12.2. The summed E-state index contributed by atoms with van der Waals surface area (Å²) < 4.78 is 27.6. The van der Waals surface area contributed by atoms with Crippen molar-refractivity contribution in [3.05, 3.63) is 64.2 Å². The van der Waals surface area contributed by atoms with Gasteiger partial charge in [0.05, 0.1) is 9.82 Å². The predicted molar refractivity (Wildman–Crippen MR) is 126 cm³/mol. The number of benzene rings is 2. The van der Waals surface area contributed by atoms with E-state index in [1.54, 1.807) is 6.07 Å². The topological polar surface area (TPSA) is 99.0 Å². The molecule has 174 valence electrons. The van der Waals surface area contributed by atoms with Crippen molar-refractivity contribution in [3.8, 4) is 0 Å². The maximum Gasteiger partial charge on any atom is 0.293 e. The highest BCUT2D eigenvalue weighted by Gasteiger charge is 2.26. The monoisotopic (exact) mass is 461 g/mol. The average molecular weight is 462 g/mol. The van der Waals surface area contributed by atoms with E-state index >= 15 is 0 Å². The molecule has 0 radical (unpaired) electrons. The lowest BCUT2D eigenvalue weighted by atomic mass is 10.1. The third-order valence-corrected chi connectivity index (χ3v) is 7.04. The fourth-order valence-electron chi connectivity index (χ4n) is 3.72. The van der Waals surface area contributed by atoms with Crippen LogP contribution in [0, 0.1) is 10.1 Å². The molecule has 0 aromatic heterocycles. The van der Waals surface area contributed by atoms with Gasteiger partial charge in [-0.15, -0.1) is 0 Å². The third kappa shape index (κ3) is 6.49. The summed E-state index contributed by atoms with van der Waals surface area (Å²) >= 11 is 0. The molecule has 2 aromatic carbocycles. The first-order chi connectivity index (χ1) is 15.3. The van der Waals surface area contributed by atoms with E-state index in [4.69, 9.17) is 0 Å². The van der Waals surface area contributed by atoms with Crippen LogP contribution in [0.25, 0.3) is 0 Å². The van der Waals surface area contributed by atoms with Crippen LogP contribution in [0.3, 0.4) is 0 Å². The van der Waals surface area contributed by atoms with Gasteiger partial charge >= 0.3 is 0 Å². The van der Waals surface area contributed by atoms with Gasteiger partial charge in [-0.05, 0) is 38.2 Å². The number of likely N-dealkylation sites (N-methyl/N-ethyl adjacent to an activating group) is 1. The highest BCUT2D eigenvalue weighted by Crippen LogP contribution is 2.31. The van der Waals surface area contributed by atoms with Gasteiger partial charge in [0.1, 0.15) is 5.69 Å². The average Bonchev–Trinajstić information content (AvgIpc) is 2.78. The summed E-state index contributed by atoms with van der Waals surface area (Å²) in [7, 11) is -0.125. The first-order valence-electron chi connectivity index (χ1n) is 10.7. The van der Waals surface area contributed by atoms with E-state index in [1.807, 2.05) is 42.1 Å². The summed E-state index contributed by atoms with van der Waals surface area (Å²) in [6.07, 6.45) is 0.967. The van der Waals surface area contributed by atoms with E-state index in [2.05, 4.69) is 21.8 Å². The fourth-order valence-corrected chi connectivity index (χ4v) is 4.76. The molecule has 2 aromatic rings. The van der Waals surface area contributed by atoms with Crippen LogP contribution in [0.4, 0.5) is 11.4 Å². The highest BCUT2D eigenvalue weighted by atomic mass is 32.2. The first kappa shape index (κ1) is 24.1. The van der Waals surface area contributed by atoms with Crippen LogP contribution in [-0.2, 0) is 16.4 Å². The number of nitro groups is 1. The molecule has 10 heteroatoms. The molecule has 0 spiro atoms. The van der Waals surface area contributed by atoms with Crippen LogP contribution in [0.5, 0.6) is 0 Å². The van der Waals surface area contributed by atoms with Crippen LogP contribution in [0.15, 0.2) is 53.4 Å². The summed E-state index contributed by atoms with van der Waals surface area (Å²) in [4.78, 5) is 17.3. The van der Waals surface area contributed by atoms with Crippen molar-refractivity contribution >= 4 is 21.4 Å². The maximum atomic E-state index is 12.5. The van der Waals surface area contributed by atoms with Crippen molar-refractivity contribution in [2.45, 2.75) is 11.3 Å². The molecule has 1 aliphatic heterocycles. The van der Waals surface area contributed by atoms with E-state index in [0.717, 1.165) is 32.1 Å². The summed E-state index contributed by atoms with van der Waals surface area (Å²) in [5, 5.41) is 11.7. The fraction of sp³-hybridized carbons (Fsp3) is 0.455. The van der Waals surface area contributed by atoms with Crippen LogP contribution in [0.2, 0.25) is 0 Å². The number of rotatable bonds is 10. The van der Waals surface area contributed by atoms with Crippen LogP contribution >= 0.6 is 0 Å². The Labute approximate surface area is 189 Å². The van der Waals surface area contributed by atoms with Crippen LogP contribution in [-0.4, -0.2) is 83.0 Å². The smallest absolute Gasteiger partial charge is 0.293 e. The van der Waals surface area contributed by atoms with Gasteiger partial charge in [-0.3, -0.25) is 15.0 Å². The number of piperazine rings is 1. The Morgan fingerprint density at radius 1 is 1.06 bits per heavy atom. The number of nitrogens with one attached hydrogen (secondary N) is 1. The lowest BCUT2D eigenvalue weighted by molar-refractivity contribution is -0.384. The third-order valence-electron chi connectivity index (χ3n) is 5.58. The summed E-state index contributed by atoms with van der Waals surface area (Å²) in [5.74, 6) is 0. The van der Waals surface area contributed by atoms with E-state index in [1.165, 1.54) is 11.6 Å². The Balaban J connectivity index is 1.64. The molecular formula is C22H31N5O4S. The Hall–Kier alpha value is -2.53. The lowest BCUT2D eigenvalue weighted by Gasteiger charge is -2.35. The Bertz CT molecular complexity index is 1010. The van der Waals surface area contributed by atoms with Gasteiger partial charge in [-0.1, -0.05) is 30.3 Å². The van der Waals surface area contributed by atoms with Crippen molar-refractivity contribution < 1.29 is 13.3 Å². The van der Waals surface area contributed by atoms with Gasteiger partial charge in [-0.2, -0.15) is 0 Å². The second-order valence-electron chi connectivity index (χ2n) is 8.17. The van der Waals surface area contributed by atoms with Gasteiger partial charge in [0.15, 0.2) is 0 Å². The van der Waals surface area contributed by atoms with Gasteiger partial charge in [-0.25, -0.2) is 13.1 Å². The largest absolute Gasteiger partial charge is 0.363 e. The van der Waals surface area contributed by atoms with Crippen molar-refractivity contribution in [2.24, 2.45) is 0 Å². The molecule has 0 saturated carbocycles. The van der Waals surface area contributed by atoms with E-state index in [9.17, 15) is 18.5 Å². The number of nitrogens with zero attached hydrogens (tertiary/aromatic N) is 4. The van der Waals surface area contributed by atoms with Crippen LogP contribution in [0.1, 0.15) is 5.56 Å². The van der Waals surface area contributed by atoms with Crippen molar-refractivity contribution in [3.63, 3.8) is 0 Å². The van der Waals surface area contributed by atoms with Gasteiger partial charge < -0.3 is 9.80 Å². The minimum absolute atomic E-state index is 0.0896. The predicted octanol–water partition coefficient (Wildman–Crippen LogP) is 1.80. The van der Waals surface area contributed by atoms with Gasteiger partial charge in [0.2, 0.25) is 10.0 Å². The number of hydrogen-bond acceptors (Lipinski definition) is 7. The summed E-state index contributed by atoms with van der Waals surface area (Å²) in [6, 6.07) is 14.5. The second kappa shape index (κ2) is 10.9.